The normalized spacial score (nSPS) is 17.8. The Bertz CT molecular complexity index is 1110. The molecule has 1 aliphatic heterocycles. The maximum atomic E-state index is 9.85. The molecule has 1 atom stereocenters. The minimum absolute atomic E-state index is 0.292. The number of aryl methyl sites for hydroxylation is 3. The molecule has 0 spiro atoms. The van der Waals surface area contributed by atoms with Gasteiger partial charge in [-0.25, -0.2) is 9.97 Å². The van der Waals surface area contributed by atoms with Crippen LogP contribution in [0.5, 0.6) is 5.75 Å². The van der Waals surface area contributed by atoms with Crippen LogP contribution in [0.2, 0.25) is 0 Å². The van der Waals surface area contributed by atoms with Crippen LogP contribution in [-0.2, 0) is 6.42 Å². The molecule has 0 bridgehead atoms. The lowest BCUT2D eigenvalue weighted by atomic mass is 9.89. The average molecular weight is 508 g/mol. The van der Waals surface area contributed by atoms with Gasteiger partial charge >= 0.3 is 0 Å². The number of rotatable bonds is 8. The quantitative estimate of drug-likeness (QED) is 0.251. The van der Waals surface area contributed by atoms with Crippen LogP contribution < -0.4 is 5.32 Å². The zero-order valence-corrected chi connectivity index (χ0v) is 24.5. The van der Waals surface area contributed by atoms with Crippen molar-refractivity contribution in [1.29, 1.82) is 0 Å². The summed E-state index contributed by atoms with van der Waals surface area (Å²) < 4.78 is 0. The van der Waals surface area contributed by atoms with E-state index in [0.29, 0.717) is 11.3 Å². The molecule has 37 heavy (non-hydrogen) atoms. The third-order valence-electron chi connectivity index (χ3n) is 6.78. The first-order valence-electron chi connectivity index (χ1n) is 13.5. The average Bonchev–Trinajstić information content (AvgIpc) is 3.47. The summed E-state index contributed by atoms with van der Waals surface area (Å²) in [6.45, 7) is 25.0. The van der Waals surface area contributed by atoms with Gasteiger partial charge in [0, 0.05) is 11.8 Å². The van der Waals surface area contributed by atoms with Gasteiger partial charge in [-0.15, -0.1) is 0 Å². The SMILES string of the molecule is C=CC=NC(=C)/C(C)=C\C(C)=C/C.CCCC1(CC)CCCN1.CCc1[nH]c2nc(C)nc(C)c2c1O. The first-order chi connectivity index (χ1) is 17.6. The maximum absolute atomic E-state index is 9.85. The van der Waals surface area contributed by atoms with Crippen LogP contribution in [0.1, 0.15) is 90.9 Å². The van der Waals surface area contributed by atoms with E-state index >= 15 is 0 Å². The molecule has 2 aromatic rings. The number of nitrogens with one attached hydrogen (secondary N) is 2. The summed E-state index contributed by atoms with van der Waals surface area (Å²) in [6, 6.07) is 0. The van der Waals surface area contributed by atoms with E-state index in [1.165, 1.54) is 44.2 Å². The van der Waals surface area contributed by atoms with Gasteiger partial charge in [0.25, 0.3) is 0 Å². The van der Waals surface area contributed by atoms with E-state index in [4.69, 9.17) is 0 Å². The number of aromatic amines is 1. The molecule has 0 radical (unpaired) electrons. The fourth-order valence-corrected chi connectivity index (χ4v) is 4.49. The third kappa shape index (κ3) is 9.77. The van der Waals surface area contributed by atoms with Crippen molar-refractivity contribution in [3.05, 3.63) is 65.4 Å². The van der Waals surface area contributed by atoms with Crippen LogP contribution in [0.15, 0.2) is 53.2 Å². The zero-order valence-electron chi connectivity index (χ0n) is 24.5. The van der Waals surface area contributed by atoms with Gasteiger partial charge in [0.15, 0.2) is 0 Å². The largest absolute Gasteiger partial charge is 0.505 e. The molecule has 204 valence electrons. The highest BCUT2D eigenvalue weighted by atomic mass is 16.3. The van der Waals surface area contributed by atoms with Gasteiger partial charge in [-0.05, 0) is 78.8 Å². The van der Waals surface area contributed by atoms with Gasteiger partial charge in [-0.2, -0.15) is 0 Å². The monoisotopic (exact) mass is 507 g/mol. The molecule has 6 nitrogen and oxygen atoms in total. The first kappa shape index (κ1) is 32.0. The Hall–Kier alpha value is -2.99. The number of aliphatic imine (C=N–C) groups is 1. The molecule has 0 amide bonds. The summed E-state index contributed by atoms with van der Waals surface area (Å²) in [5, 5.41) is 14.2. The van der Waals surface area contributed by atoms with E-state index in [1.54, 1.807) is 12.3 Å². The fourth-order valence-electron chi connectivity index (χ4n) is 4.49. The van der Waals surface area contributed by atoms with E-state index < -0.39 is 0 Å². The lowest BCUT2D eigenvalue weighted by molar-refractivity contribution is 0.333. The van der Waals surface area contributed by atoms with Crippen molar-refractivity contribution in [1.82, 2.24) is 20.3 Å². The van der Waals surface area contributed by atoms with Crippen LogP contribution in [0.3, 0.4) is 0 Å². The molecule has 0 aromatic carbocycles. The van der Waals surface area contributed by atoms with Gasteiger partial charge in [-0.1, -0.05) is 64.2 Å². The molecule has 6 heteroatoms. The molecular weight excluding hydrogens is 458 g/mol. The molecular formula is C31H49N5O. The molecule has 3 rings (SSSR count). The number of H-pyrrole nitrogens is 1. The number of nitrogens with zero attached hydrogens (tertiary/aromatic N) is 3. The second-order valence-electron chi connectivity index (χ2n) is 9.62. The minimum Gasteiger partial charge on any atom is -0.505 e. The van der Waals surface area contributed by atoms with E-state index in [1.807, 2.05) is 47.6 Å². The van der Waals surface area contributed by atoms with Gasteiger partial charge in [0.1, 0.15) is 17.2 Å². The van der Waals surface area contributed by atoms with Crippen molar-refractivity contribution < 1.29 is 5.11 Å². The third-order valence-corrected chi connectivity index (χ3v) is 6.78. The Morgan fingerprint density at radius 1 is 1.19 bits per heavy atom. The Balaban J connectivity index is 0.000000282. The number of hydrogen-bond acceptors (Lipinski definition) is 5. The zero-order chi connectivity index (χ0) is 28.0. The van der Waals surface area contributed by atoms with Crippen LogP contribution >= 0.6 is 0 Å². The maximum Gasteiger partial charge on any atom is 0.147 e. The van der Waals surface area contributed by atoms with Crippen LogP contribution in [0.4, 0.5) is 0 Å². The number of fused-ring (bicyclic) bond motifs is 1. The highest BCUT2D eigenvalue weighted by Crippen LogP contribution is 2.30. The smallest absolute Gasteiger partial charge is 0.147 e. The van der Waals surface area contributed by atoms with E-state index in [2.05, 4.69) is 58.3 Å². The number of aromatic hydroxyl groups is 1. The molecule has 3 heterocycles. The second-order valence-corrected chi connectivity index (χ2v) is 9.62. The molecule has 0 saturated carbocycles. The van der Waals surface area contributed by atoms with Crippen LogP contribution in [0, 0.1) is 13.8 Å². The second kappa shape index (κ2) is 16.0. The highest BCUT2D eigenvalue weighted by molar-refractivity contribution is 5.86. The lowest BCUT2D eigenvalue weighted by Crippen LogP contribution is -2.38. The van der Waals surface area contributed by atoms with Gasteiger partial charge < -0.3 is 15.4 Å². The summed E-state index contributed by atoms with van der Waals surface area (Å²) >= 11 is 0. The predicted molar refractivity (Wildman–Crippen MR) is 161 cm³/mol. The van der Waals surface area contributed by atoms with E-state index in [0.717, 1.165) is 45.9 Å². The highest BCUT2D eigenvalue weighted by Gasteiger charge is 2.29. The fraction of sp³-hybridized carbons (Fsp3) is 0.516. The summed E-state index contributed by atoms with van der Waals surface area (Å²) in [5.41, 5.74) is 5.98. The predicted octanol–water partition coefficient (Wildman–Crippen LogP) is 7.83. The van der Waals surface area contributed by atoms with Crippen molar-refractivity contribution >= 4 is 17.2 Å². The molecule has 1 unspecified atom stereocenters. The van der Waals surface area contributed by atoms with Crippen LogP contribution in [-0.4, -0.2) is 38.4 Å². The Labute approximate surface area is 224 Å². The van der Waals surface area contributed by atoms with Crippen molar-refractivity contribution in [3.63, 3.8) is 0 Å². The van der Waals surface area contributed by atoms with Crippen molar-refractivity contribution in [2.45, 2.75) is 99.5 Å². The topological polar surface area (TPSA) is 86.2 Å². The van der Waals surface area contributed by atoms with Gasteiger partial charge in [0.05, 0.1) is 22.5 Å². The van der Waals surface area contributed by atoms with Crippen molar-refractivity contribution in [2.24, 2.45) is 4.99 Å². The van der Waals surface area contributed by atoms with Crippen molar-refractivity contribution in [2.75, 3.05) is 6.54 Å². The molecule has 1 fully saturated rings. The summed E-state index contributed by atoms with van der Waals surface area (Å²) in [5.74, 6) is 1.01. The van der Waals surface area contributed by atoms with E-state index in [-0.39, 0.29) is 0 Å². The Morgan fingerprint density at radius 2 is 1.89 bits per heavy atom. The first-order valence-corrected chi connectivity index (χ1v) is 13.5. The Kier molecular flexibility index (Phi) is 13.8. The standard InChI is InChI=1S/C12H17N.C10H13N3O.C9H19N/c1-6-8-13-12(5)11(4)9-10(3)7-2;1-4-7-9(14)8-5(2)11-6(3)12-10(8)13-7;1-3-6-9(4-2)7-5-8-10-9/h6-9H,1,5H2,2-4H3;14H,4H2,1-3H3,(H,11,12,13);10H,3-8H2,1-2H3/b10-7-,11-9-,13-8?;;. The molecule has 3 N–H and O–H groups in total. The van der Waals surface area contributed by atoms with Gasteiger partial charge in [0.2, 0.25) is 0 Å². The minimum atomic E-state index is 0.292. The number of aromatic nitrogens is 3. The lowest BCUT2D eigenvalue weighted by Gasteiger charge is -2.27. The summed E-state index contributed by atoms with van der Waals surface area (Å²) in [6.07, 6.45) is 14.9. The summed E-state index contributed by atoms with van der Waals surface area (Å²) in [7, 11) is 0. The molecule has 1 aliphatic rings. The van der Waals surface area contributed by atoms with Crippen molar-refractivity contribution in [3.8, 4) is 5.75 Å². The number of allylic oxidation sites excluding steroid dienone is 5. The Morgan fingerprint density at radius 3 is 2.41 bits per heavy atom. The molecule has 0 aliphatic carbocycles. The molecule has 2 aromatic heterocycles. The van der Waals surface area contributed by atoms with Gasteiger partial charge in [-0.3, -0.25) is 4.99 Å². The molecule has 1 saturated heterocycles. The summed E-state index contributed by atoms with van der Waals surface area (Å²) in [4.78, 5) is 15.6. The number of hydrogen-bond donors (Lipinski definition) is 3. The van der Waals surface area contributed by atoms with Crippen LogP contribution in [0.25, 0.3) is 11.0 Å². The van der Waals surface area contributed by atoms with E-state index in [9.17, 15) is 5.11 Å².